The maximum absolute atomic E-state index is 11.1. The summed E-state index contributed by atoms with van der Waals surface area (Å²) in [6, 6.07) is 16.5. The molecule has 0 saturated carbocycles. The zero-order valence-corrected chi connectivity index (χ0v) is 13.7. The SMILES string of the molecule is CC(=O)c1ccc2c(c1)CCC=C2.CC(C)c1ccccc1. The van der Waals surface area contributed by atoms with Crippen LogP contribution in [0.3, 0.4) is 0 Å². The number of carbonyl (C=O) groups excluding carboxylic acids is 1. The van der Waals surface area contributed by atoms with Gasteiger partial charge in [-0.1, -0.05) is 68.5 Å². The van der Waals surface area contributed by atoms with E-state index in [9.17, 15) is 4.79 Å². The Morgan fingerprint density at radius 3 is 2.36 bits per heavy atom. The van der Waals surface area contributed by atoms with E-state index in [-0.39, 0.29) is 5.78 Å². The smallest absolute Gasteiger partial charge is 0.159 e. The molecule has 114 valence electrons. The lowest BCUT2D eigenvalue weighted by Gasteiger charge is -2.10. The zero-order chi connectivity index (χ0) is 15.9. The van der Waals surface area contributed by atoms with Crippen molar-refractivity contribution in [3.05, 3.63) is 76.9 Å². The van der Waals surface area contributed by atoms with Gasteiger partial charge in [0.25, 0.3) is 0 Å². The van der Waals surface area contributed by atoms with Crippen molar-refractivity contribution >= 4 is 11.9 Å². The minimum absolute atomic E-state index is 0.150. The summed E-state index contributed by atoms with van der Waals surface area (Å²) in [6.45, 7) is 6.02. The summed E-state index contributed by atoms with van der Waals surface area (Å²) in [5.74, 6) is 0.809. The third-order valence-corrected chi connectivity index (χ3v) is 3.89. The number of allylic oxidation sites excluding steroid dienone is 1. The third-order valence-electron chi connectivity index (χ3n) is 3.89. The number of fused-ring (bicyclic) bond motifs is 1. The van der Waals surface area contributed by atoms with Crippen LogP contribution < -0.4 is 0 Å². The van der Waals surface area contributed by atoms with Crippen LogP contribution in [0, 0.1) is 0 Å². The predicted octanol–water partition coefficient (Wildman–Crippen LogP) is 5.66. The van der Waals surface area contributed by atoms with Crippen LogP contribution in [0.2, 0.25) is 0 Å². The zero-order valence-electron chi connectivity index (χ0n) is 13.7. The summed E-state index contributed by atoms with van der Waals surface area (Å²) in [4.78, 5) is 11.1. The molecule has 0 spiro atoms. The molecule has 0 atom stereocenters. The first-order valence-electron chi connectivity index (χ1n) is 7.93. The third kappa shape index (κ3) is 4.42. The summed E-state index contributed by atoms with van der Waals surface area (Å²) in [6.07, 6.45) is 6.46. The average Bonchev–Trinajstić information content (AvgIpc) is 2.55. The van der Waals surface area contributed by atoms with Crippen molar-refractivity contribution in [2.75, 3.05) is 0 Å². The quantitative estimate of drug-likeness (QED) is 0.653. The molecular weight excluding hydrogens is 268 g/mol. The van der Waals surface area contributed by atoms with Crippen molar-refractivity contribution < 1.29 is 4.79 Å². The highest BCUT2D eigenvalue weighted by atomic mass is 16.1. The molecule has 1 nitrogen and oxygen atoms in total. The summed E-state index contributed by atoms with van der Waals surface area (Å²) in [5, 5.41) is 0. The van der Waals surface area contributed by atoms with Gasteiger partial charge in [-0.05, 0) is 48.4 Å². The average molecular weight is 292 g/mol. The molecule has 3 rings (SSSR count). The Bertz CT molecular complexity index is 651. The van der Waals surface area contributed by atoms with Gasteiger partial charge in [-0.15, -0.1) is 0 Å². The number of hydrogen-bond acceptors (Lipinski definition) is 1. The molecule has 0 aliphatic heterocycles. The lowest BCUT2D eigenvalue weighted by atomic mass is 9.95. The fourth-order valence-electron chi connectivity index (χ4n) is 2.49. The van der Waals surface area contributed by atoms with Crippen molar-refractivity contribution in [2.24, 2.45) is 0 Å². The first kappa shape index (κ1) is 16.2. The molecule has 0 radical (unpaired) electrons. The van der Waals surface area contributed by atoms with E-state index in [4.69, 9.17) is 0 Å². The van der Waals surface area contributed by atoms with E-state index in [0.717, 1.165) is 18.4 Å². The minimum atomic E-state index is 0.150. The summed E-state index contributed by atoms with van der Waals surface area (Å²) in [5.41, 5.74) is 4.80. The second-order valence-corrected chi connectivity index (χ2v) is 5.98. The van der Waals surface area contributed by atoms with E-state index in [2.05, 4.69) is 50.3 Å². The number of benzene rings is 2. The van der Waals surface area contributed by atoms with Crippen molar-refractivity contribution in [3.8, 4) is 0 Å². The summed E-state index contributed by atoms with van der Waals surface area (Å²) in [7, 11) is 0. The molecule has 1 aliphatic rings. The van der Waals surface area contributed by atoms with E-state index in [1.165, 1.54) is 16.7 Å². The van der Waals surface area contributed by atoms with Gasteiger partial charge in [0.2, 0.25) is 0 Å². The lowest BCUT2D eigenvalue weighted by molar-refractivity contribution is 0.101. The Morgan fingerprint density at radius 1 is 1.05 bits per heavy atom. The van der Waals surface area contributed by atoms with Gasteiger partial charge < -0.3 is 0 Å². The number of rotatable bonds is 2. The fraction of sp³-hybridized carbons (Fsp3) is 0.286. The van der Waals surface area contributed by atoms with Crippen LogP contribution in [0.1, 0.15) is 60.2 Å². The Hall–Kier alpha value is -2.15. The molecule has 22 heavy (non-hydrogen) atoms. The minimum Gasteiger partial charge on any atom is -0.295 e. The molecule has 0 bridgehead atoms. The van der Waals surface area contributed by atoms with Crippen LogP contribution >= 0.6 is 0 Å². The number of aryl methyl sites for hydroxylation is 1. The molecule has 2 aromatic rings. The van der Waals surface area contributed by atoms with Crippen LogP contribution in [0.25, 0.3) is 6.08 Å². The second-order valence-electron chi connectivity index (χ2n) is 5.98. The second kappa shape index (κ2) is 7.74. The Balaban J connectivity index is 0.000000172. The molecule has 0 aromatic heterocycles. The Labute approximate surface area is 133 Å². The molecule has 0 N–H and O–H groups in total. The molecular formula is C21H24O. The molecule has 0 amide bonds. The van der Waals surface area contributed by atoms with Gasteiger partial charge >= 0.3 is 0 Å². The van der Waals surface area contributed by atoms with Gasteiger partial charge in [-0.3, -0.25) is 4.79 Å². The summed E-state index contributed by atoms with van der Waals surface area (Å²) < 4.78 is 0. The molecule has 1 aliphatic carbocycles. The molecule has 0 saturated heterocycles. The largest absolute Gasteiger partial charge is 0.295 e. The van der Waals surface area contributed by atoms with Crippen LogP contribution in [0.15, 0.2) is 54.6 Å². The summed E-state index contributed by atoms with van der Waals surface area (Å²) >= 11 is 0. The Morgan fingerprint density at radius 2 is 1.77 bits per heavy atom. The molecule has 0 fully saturated rings. The first-order valence-corrected chi connectivity index (χ1v) is 7.93. The van der Waals surface area contributed by atoms with Gasteiger partial charge in [0.15, 0.2) is 5.78 Å². The van der Waals surface area contributed by atoms with Crippen LogP contribution in [-0.2, 0) is 6.42 Å². The van der Waals surface area contributed by atoms with Gasteiger partial charge in [0, 0.05) is 5.56 Å². The van der Waals surface area contributed by atoms with E-state index in [1.54, 1.807) is 6.92 Å². The van der Waals surface area contributed by atoms with Gasteiger partial charge in [0.1, 0.15) is 0 Å². The molecule has 0 heterocycles. The van der Waals surface area contributed by atoms with E-state index in [0.29, 0.717) is 5.92 Å². The van der Waals surface area contributed by atoms with E-state index >= 15 is 0 Å². The predicted molar refractivity (Wildman–Crippen MR) is 94.3 cm³/mol. The first-order chi connectivity index (χ1) is 10.6. The van der Waals surface area contributed by atoms with Crippen LogP contribution in [0.5, 0.6) is 0 Å². The maximum atomic E-state index is 11.1. The number of ketones is 1. The van der Waals surface area contributed by atoms with E-state index < -0.39 is 0 Å². The fourth-order valence-corrected chi connectivity index (χ4v) is 2.49. The van der Waals surface area contributed by atoms with Crippen LogP contribution in [-0.4, -0.2) is 5.78 Å². The topological polar surface area (TPSA) is 17.1 Å². The van der Waals surface area contributed by atoms with Crippen molar-refractivity contribution in [3.63, 3.8) is 0 Å². The highest BCUT2D eigenvalue weighted by molar-refractivity contribution is 5.94. The number of carbonyl (C=O) groups is 1. The normalized spacial score (nSPS) is 12.4. The van der Waals surface area contributed by atoms with Gasteiger partial charge in [-0.25, -0.2) is 0 Å². The van der Waals surface area contributed by atoms with Crippen molar-refractivity contribution in [2.45, 2.75) is 39.5 Å². The van der Waals surface area contributed by atoms with Crippen molar-refractivity contribution in [1.29, 1.82) is 0 Å². The van der Waals surface area contributed by atoms with Gasteiger partial charge in [-0.2, -0.15) is 0 Å². The Kier molecular flexibility index (Phi) is 5.71. The molecule has 0 unspecified atom stereocenters. The highest BCUT2D eigenvalue weighted by Gasteiger charge is 2.06. The van der Waals surface area contributed by atoms with Crippen LogP contribution in [0.4, 0.5) is 0 Å². The maximum Gasteiger partial charge on any atom is 0.159 e. The molecule has 1 heteroatoms. The van der Waals surface area contributed by atoms with Gasteiger partial charge in [0.05, 0.1) is 0 Å². The highest BCUT2D eigenvalue weighted by Crippen LogP contribution is 2.20. The lowest BCUT2D eigenvalue weighted by Crippen LogP contribution is -1.98. The monoisotopic (exact) mass is 292 g/mol. The number of Topliss-reactive ketones (excluding diaryl/α,β-unsaturated/α-hetero) is 1. The van der Waals surface area contributed by atoms with E-state index in [1.807, 2.05) is 24.3 Å². The standard InChI is InChI=1S/C12H12O.C9H12/c1-9(13)11-7-6-10-4-2-3-5-12(10)8-11;1-8(2)9-6-4-3-5-7-9/h2,4,6-8H,3,5H2,1H3;3-8H,1-2H3. The molecule has 2 aromatic carbocycles. The number of hydrogen-bond donors (Lipinski definition) is 0. The van der Waals surface area contributed by atoms with Crippen molar-refractivity contribution in [1.82, 2.24) is 0 Å².